The fourth-order valence-corrected chi connectivity index (χ4v) is 4.07. The molecule has 3 N–H and O–H groups in total. The highest BCUT2D eigenvalue weighted by molar-refractivity contribution is 7.13. The SMILES string of the molecule is CC(c1ccccc1)C(NC(=O)c1csc(N2CCCCC2)n1)C(N)=O. The van der Waals surface area contributed by atoms with Gasteiger partial charge >= 0.3 is 0 Å². The molecule has 0 radical (unpaired) electrons. The zero-order valence-electron chi connectivity index (χ0n) is 14.9. The van der Waals surface area contributed by atoms with E-state index in [1.165, 1.54) is 17.8 Å². The molecule has 6 nitrogen and oxygen atoms in total. The van der Waals surface area contributed by atoms with Crippen molar-refractivity contribution in [2.24, 2.45) is 5.73 Å². The maximum Gasteiger partial charge on any atom is 0.271 e. The number of aromatic nitrogens is 1. The summed E-state index contributed by atoms with van der Waals surface area (Å²) in [6.45, 7) is 3.83. The lowest BCUT2D eigenvalue weighted by Crippen LogP contribution is -2.47. The van der Waals surface area contributed by atoms with Gasteiger partial charge < -0.3 is 16.0 Å². The first-order valence-corrected chi connectivity index (χ1v) is 9.80. The summed E-state index contributed by atoms with van der Waals surface area (Å²) in [4.78, 5) is 31.2. The summed E-state index contributed by atoms with van der Waals surface area (Å²) in [6, 6.07) is 8.76. The van der Waals surface area contributed by atoms with Gasteiger partial charge in [0.25, 0.3) is 5.91 Å². The number of hydrogen-bond acceptors (Lipinski definition) is 5. The van der Waals surface area contributed by atoms with Gasteiger partial charge in [0.15, 0.2) is 5.13 Å². The van der Waals surface area contributed by atoms with Crippen LogP contribution in [0.1, 0.15) is 48.2 Å². The second-order valence-corrected chi connectivity index (χ2v) is 7.45. The zero-order valence-corrected chi connectivity index (χ0v) is 15.7. The standard InChI is InChI=1S/C19H24N4O2S/c1-13(14-8-4-2-5-9-14)16(17(20)24)22-18(25)15-12-26-19(21-15)23-10-6-3-7-11-23/h2,4-5,8-9,12-13,16H,3,6-7,10-11H2,1H3,(H2,20,24)(H,22,25). The Morgan fingerprint density at radius 1 is 1.19 bits per heavy atom. The Bertz CT molecular complexity index is 756. The van der Waals surface area contributed by atoms with E-state index in [0.29, 0.717) is 5.69 Å². The minimum absolute atomic E-state index is 0.224. The van der Waals surface area contributed by atoms with E-state index in [-0.39, 0.29) is 11.8 Å². The van der Waals surface area contributed by atoms with Crippen molar-refractivity contribution in [3.05, 3.63) is 47.0 Å². The molecule has 2 atom stereocenters. The van der Waals surface area contributed by atoms with Crippen molar-refractivity contribution in [2.45, 2.75) is 38.1 Å². The molecule has 7 heteroatoms. The number of rotatable bonds is 6. The van der Waals surface area contributed by atoms with E-state index in [1.54, 1.807) is 5.38 Å². The van der Waals surface area contributed by atoms with Crippen molar-refractivity contribution in [1.29, 1.82) is 0 Å². The van der Waals surface area contributed by atoms with Crippen LogP contribution in [-0.2, 0) is 4.79 Å². The van der Waals surface area contributed by atoms with E-state index in [1.807, 2.05) is 37.3 Å². The van der Waals surface area contributed by atoms with Gasteiger partial charge in [-0.25, -0.2) is 4.98 Å². The van der Waals surface area contributed by atoms with Crippen molar-refractivity contribution >= 4 is 28.3 Å². The second-order valence-electron chi connectivity index (χ2n) is 6.62. The van der Waals surface area contributed by atoms with E-state index in [9.17, 15) is 9.59 Å². The van der Waals surface area contributed by atoms with Crippen LogP contribution < -0.4 is 16.0 Å². The summed E-state index contributed by atoms with van der Waals surface area (Å²) in [5, 5.41) is 5.36. The lowest BCUT2D eigenvalue weighted by Gasteiger charge is -2.25. The third-order valence-corrected chi connectivity index (χ3v) is 5.67. The molecule has 1 aromatic carbocycles. The van der Waals surface area contributed by atoms with Crippen LogP contribution in [0.3, 0.4) is 0 Å². The second kappa shape index (κ2) is 8.31. The Labute approximate surface area is 157 Å². The number of carbonyl (C=O) groups is 2. The minimum atomic E-state index is -0.787. The average Bonchev–Trinajstić information content (AvgIpc) is 3.17. The molecule has 0 bridgehead atoms. The molecule has 1 aliphatic rings. The summed E-state index contributed by atoms with van der Waals surface area (Å²) < 4.78 is 0. The Kier molecular flexibility index (Phi) is 5.88. The molecule has 1 aliphatic heterocycles. The highest BCUT2D eigenvalue weighted by Gasteiger charge is 2.27. The summed E-state index contributed by atoms with van der Waals surface area (Å²) in [5.41, 5.74) is 6.83. The molecule has 1 aromatic heterocycles. The molecule has 2 amide bonds. The number of nitrogens with zero attached hydrogens (tertiary/aromatic N) is 2. The molecule has 3 rings (SSSR count). The maximum atomic E-state index is 12.6. The van der Waals surface area contributed by atoms with Gasteiger partial charge in [-0.1, -0.05) is 37.3 Å². The third-order valence-electron chi connectivity index (χ3n) is 4.77. The van der Waals surface area contributed by atoms with Gasteiger partial charge in [-0.15, -0.1) is 11.3 Å². The van der Waals surface area contributed by atoms with E-state index in [4.69, 9.17) is 5.73 Å². The largest absolute Gasteiger partial charge is 0.368 e. The summed E-state index contributed by atoms with van der Waals surface area (Å²) in [7, 11) is 0. The summed E-state index contributed by atoms with van der Waals surface area (Å²) in [6.07, 6.45) is 3.55. The molecular formula is C19H24N4O2S. The van der Waals surface area contributed by atoms with Crippen LogP contribution in [-0.4, -0.2) is 35.9 Å². The van der Waals surface area contributed by atoms with Crippen molar-refractivity contribution < 1.29 is 9.59 Å². The van der Waals surface area contributed by atoms with Gasteiger partial charge in [0.1, 0.15) is 11.7 Å². The molecule has 1 saturated heterocycles. The normalized spacial score (nSPS) is 16.7. The van der Waals surface area contributed by atoms with Crippen molar-refractivity contribution in [1.82, 2.24) is 10.3 Å². The van der Waals surface area contributed by atoms with Crippen LogP contribution in [0.25, 0.3) is 0 Å². The molecule has 1 fully saturated rings. The average molecular weight is 372 g/mol. The third kappa shape index (κ3) is 4.22. The van der Waals surface area contributed by atoms with Crippen molar-refractivity contribution in [3.8, 4) is 0 Å². The fourth-order valence-electron chi connectivity index (χ4n) is 3.21. The van der Waals surface area contributed by atoms with Gasteiger partial charge in [-0.05, 0) is 24.8 Å². The number of thiazole rings is 1. The minimum Gasteiger partial charge on any atom is -0.368 e. The number of benzene rings is 1. The molecule has 2 unspecified atom stereocenters. The first-order chi connectivity index (χ1) is 12.6. The van der Waals surface area contributed by atoms with Gasteiger partial charge in [-0.3, -0.25) is 9.59 Å². The number of nitrogens with one attached hydrogen (secondary N) is 1. The van der Waals surface area contributed by atoms with Gasteiger partial charge in [0, 0.05) is 24.4 Å². The number of piperidine rings is 1. The quantitative estimate of drug-likeness (QED) is 0.815. The molecule has 2 aromatic rings. The van der Waals surface area contributed by atoms with Gasteiger partial charge in [-0.2, -0.15) is 0 Å². The zero-order chi connectivity index (χ0) is 18.5. The summed E-state index contributed by atoms with van der Waals surface area (Å²) in [5.74, 6) is -1.14. The van der Waals surface area contributed by atoms with E-state index in [2.05, 4.69) is 15.2 Å². The van der Waals surface area contributed by atoms with Crippen LogP contribution >= 0.6 is 11.3 Å². The first-order valence-electron chi connectivity index (χ1n) is 8.92. The lowest BCUT2D eigenvalue weighted by atomic mass is 9.93. The lowest BCUT2D eigenvalue weighted by molar-refractivity contribution is -0.120. The Morgan fingerprint density at radius 3 is 2.54 bits per heavy atom. The Morgan fingerprint density at radius 2 is 1.88 bits per heavy atom. The highest BCUT2D eigenvalue weighted by atomic mass is 32.1. The molecule has 138 valence electrons. The molecule has 0 saturated carbocycles. The number of nitrogens with two attached hydrogens (primary N) is 1. The van der Waals surface area contributed by atoms with Crippen LogP contribution in [0.5, 0.6) is 0 Å². The number of hydrogen-bond donors (Lipinski definition) is 2. The number of carbonyl (C=O) groups excluding carboxylic acids is 2. The number of anilines is 1. The highest BCUT2D eigenvalue weighted by Crippen LogP contribution is 2.24. The Hall–Kier alpha value is -2.41. The molecule has 0 spiro atoms. The van der Waals surface area contributed by atoms with Gasteiger partial charge in [0.05, 0.1) is 0 Å². The van der Waals surface area contributed by atoms with E-state index >= 15 is 0 Å². The van der Waals surface area contributed by atoms with Gasteiger partial charge in [0.2, 0.25) is 5.91 Å². The summed E-state index contributed by atoms with van der Waals surface area (Å²) >= 11 is 1.46. The number of amides is 2. The van der Waals surface area contributed by atoms with Crippen LogP contribution in [0.4, 0.5) is 5.13 Å². The molecule has 26 heavy (non-hydrogen) atoms. The van der Waals surface area contributed by atoms with Crippen molar-refractivity contribution in [3.63, 3.8) is 0 Å². The van der Waals surface area contributed by atoms with Crippen molar-refractivity contribution in [2.75, 3.05) is 18.0 Å². The number of primary amides is 1. The van der Waals surface area contributed by atoms with Crippen LogP contribution in [0, 0.1) is 0 Å². The first kappa shape index (κ1) is 18.4. The fraction of sp³-hybridized carbons (Fsp3) is 0.421. The maximum absolute atomic E-state index is 12.6. The molecule has 2 heterocycles. The molecule has 0 aliphatic carbocycles. The van der Waals surface area contributed by atoms with E-state index < -0.39 is 11.9 Å². The molecular weight excluding hydrogens is 348 g/mol. The topological polar surface area (TPSA) is 88.3 Å². The smallest absolute Gasteiger partial charge is 0.271 e. The van der Waals surface area contributed by atoms with Crippen LogP contribution in [0.15, 0.2) is 35.7 Å². The predicted octanol–water partition coefficient (Wildman–Crippen LogP) is 2.52. The van der Waals surface area contributed by atoms with Crippen LogP contribution in [0.2, 0.25) is 0 Å². The monoisotopic (exact) mass is 372 g/mol. The van der Waals surface area contributed by atoms with E-state index in [0.717, 1.165) is 36.6 Å². The predicted molar refractivity (Wildman–Crippen MR) is 103 cm³/mol. The Balaban J connectivity index is 1.70.